The molecule has 1 aromatic rings. The molecule has 2 rings (SSSR count). The molecule has 0 unspecified atom stereocenters. The van der Waals surface area contributed by atoms with E-state index in [1.54, 1.807) is 6.07 Å². The zero-order valence-electron chi connectivity index (χ0n) is 12.7. The number of halogens is 3. The van der Waals surface area contributed by atoms with Gasteiger partial charge in [-0.25, -0.2) is 13.1 Å². The van der Waals surface area contributed by atoms with E-state index in [-0.39, 0.29) is 34.7 Å². The van der Waals surface area contributed by atoms with E-state index in [0.717, 1.165) is 26.2 Å². The smallest absolute Gasteiger partial charge is 0.242 e. The van der Waals surface area contributed by atoms with Crippen molar-refractivity contribution in [3.63, 3.8) is 0 Å². The molecule has 1 aliphatic heterocycles. The summed E-state index contributed by atoms with van der Waals surface area (Å²) >= 11 is 5.97. The highest BCUT2D eigenvalue weighted by Crippen LogP contribution is 2.25. The minimum atomic E-state index is -3.63. The van der Waals surface area contributed by atoms with Crippen LogP contribution in [0.4, 0.5) is 0 Å². The third kappa shape index (κ3) is 6.62. The van der Waals surface area contributed by atoms with E-state index < -0.39 is 10.0 Å². The summed E-state index contributed by atoms with van der Waals surface area (Å²) in [5, 5.41) is 3.44. The summed E-state index contributed by atoms with van der Waals surface area (Å²) in [5.41, 5.74) is 0. The van der Waals surface area contributed by atoms with Gasteiger partial charge >= 0.3 is 0 Å². The lowest BCUT2D eigenvalue weighted by molar-refractivity contribution is 0.245. The largest absolute Gasteiger partial charge is 0.497 e. The van der Waals surface area contributed by atoms with Crippen molar-refractivity contribution in [3.8, 4) is 5.75 Å². The zero-order chi connectivity index (χ0) is 15.3. The Morgan fingerprint density at radius 3 is 2.57 bits per heavy atom. The summed E-state index contributed by atoms with van der Waals surface area (Å²) in [6.45, 7) is 4.78. The number of nitrogens with one attached hydrogen (secondary N) is 2. The number of hydrogen-bond acceptors (Lipinski definition) is 5. The predicted molar refractivity (Wildman–Crippen MR) is 97.0 cm³/mol. The van der Waals surface area contributed by atoms with Gasteiger partial charge < -0.3 is 10.1 Å². The van der Waals surface area contributed by atoms with Crippen LogP contribution >= 0.6 is 36.4 Å². The minimum absolute atomic E-state index is 0. The summed E-state index contributed by atoms with van der Waals surface area (Å²) in [7, 11) is -2.15. The Bertz CT molecular complexity index is 581. The Morgan fingerprint density at radius 2 is 1.96 bits per heavy atom. The Balaban J connectivity index is 0.00000242. The molecular weight excluding hydrogens is 385 g/mol. The maximum absolute atomic E-state index is 12.3. The first kappa shape index (κ1) is 22.7. The van der Waals surface area contributed by atoms with Crippen LogP contribution in [-0.2, 0) is 10.0 Å². The van der Waals surface area contributed by atoms with Gasteiger partial charge in [-0.1, -0.05) is 11.6 Å². The molecule has 1 saturated heterocycles. The molecule has 6 nitrogen and oxygen atoms in total. The Morgan fingerprint density at radius 1 is 1.30 bits per heavy atom. The Kier molecular flexibility index (Phi) is 10.4. The molecular formula is C13H22Cl3N3O3S. The van der Waals surface area contributed by atoms with Gasteiger partial charge in [0, 0.05) is 45.3 Å². The molecule has 0 spiro atoms. The van der Waals surface area contributed by atoms with E-state index >= 15 is 0 Å². The monoisotopic (exact) mass is 405 g/mol. The van der Waals surface area contributed by atoms with Gasteiger partial charge in [-0.15, -0.1) is 24.8 Å². The van der Waals surface area contributed by atoms with Crippen molar-refractivity contribution >= 4 is 46.4 Å². The van der Waals surface area contributed by atoms with Gasteiger partial charge in [-0.05, 0) is 12.1 Å². The summed E-state index contributed by atoms with van der Waals surface area (Å²) in [6, 6.07) is 4.57. The molecule has 1 aromatic carbocycles. The van der Waals surface area contributed by atoms with Gasteiger partial charge in [0.2, 0.25) is 10.0 Å². The van der Waals surface area contributed by atoms with Gasteiger partial charge in [0.05, 0.1) is 12.1 Å². The fraction of sp³-hybridized carbons (Fsp3) is 0.538. The standard InChI is InChI=1S/C13H20ClN3O3S.2ClH/c1-20-11-2-3-12(14)13(10-11)21(18,19)16-6-9-17-7-4-15-5-8-17;;/h2-3,10,15-16H,4-9H2,1H3;2*1H. The van der Waals surface area contributed by atoms with Crippen LogP contribution in [0.1, 0.15) is 0 Å². The minimum Gasteiger partial charge on any atom is -0.497 e. The molecule has 134 valence electrons. The molecule has 0 bridgehead atoms. The van der Waals surface area contributed by atoms with Crippen molar-refractivity contribution in [1.82, 2.24) is 14.9 Å². The highest BCUT2D eigenvalue weighted by Gasteiger charge is 2.19. The maximum atomic E-state index is 12.3. The third-order valence-electron chi connectivity index (χ3n) is 3.36. The fourth-order valence-electron chi connectivity index (χ4n) is 2.17. The van der Waals surface area contributed by atoms with Crippen molar-refractivity contribution in [2.45, 2.75) is 4.90 Å². The van der Waals surface area contributed by atoms with E-state index in [0.29, 0.717) is 18.8 Å². The lowest BCUT2D eigenvalue weighted by atomic mass is 10.3. The maximum Gasteiger partial charge on any atom is 0.242 e. The SMILES string of the molecule is COc1ccc(Cl)c(S(=O)(=O)NCCN2CCNCC2)c1.Cl.Cl. The van der Waals surface area contributed by atoms with Gasteiger partial charge in [0.15, 0.2) is 0 Å². The quantitative estimate of drug-likeness (QED) is 0.747. The van der Waals surface area contributed by atoms with Crippen LogP contribution in [-0.4, -0.2) is 59.7 Å². The molecule has 0 amide bonds. The van der Waals surface area contributed by atoms with E-state index in [4.69, 9.17) is 16.3 Å². The number of ether oxygens (including phenoxy) is 1. The molecule has 0 saturated carbocycles. The second-order valence-electron chi connectivity index (χ2n) is 4.79. The Labute approximate surface area is 154 Å². The van der Waals surface area contributed by atoms with Crippen molar-refractivity contribution in [2.24, 2.45) is 0 Å². The van der Waals surface area contributed by atoms with Crippen molar-refractivity contribution < 1.29 is 13.2 Å². The number of nitrogens with zero attached hydrogens (tertiary/aromatic N) is 1. The lowest BCUT2D eigenvalue weighted by Crippen LogP contribution is -2.46. The highest BCUT2D eigenvalue weighted by molar-refractivity contribution is 7.89. The molecule has 10 heteroatoms. The summed E-state index contributed by atoms with van der Waals surface area (Å²) in [6.07, 6.45) is 0. The number of sulfonamides is 1. The number of hydrogen-bond donors (Lipinski definition) is 2. The van der Waals surface area contributed by atoms with Gasteiger partial charge in [0.25, 0.3) is 0 Å². The Hall–Kier alpha value is -0.280. The van der Waals surface area contributed by atoms with Gasteiger partial charge in [-0.3, -0.25) is 4.90 Å². The topological polar surface area (TPSA) is 70.7 Å². The van der Waals surface area contributed by atoms with Crippen molar-refractivity contribution in [3.05, 3.63) is 23.2 Å². The molecule has 0 aliphatic carbocycles. The van der Waals surface area contributed by atoms with Crippen LogP contribution < -0.4 is 14.8 Å². The summed E-state index contributed by atoms with van der Waals surface area (Å²) in [4.78, 5) is 2.26. The molecule has 1 fully saturated rings. The average molecular weight is 407 g/mol. The van der Waals surface area contributed by atoms with E-state index in [2.05, 4.69) is 14.9 Å². The van der Waals surface area contributed by atoms with Crippen LogP contribution in [0.3, 0.4) is 0 Å². The lowest BCUT2D eigenvalue weighted by Gasteiger charge is -2.27. The second-order valence-corrected chi connectivity index (χ2v) is 6.93. The van der Waals surface area contributed by atoms with Crippen molar-refractivity contribution in [2.75, 3.05) is 46.4 Å². The number of methoxy groups -OCH3 is 1. The van der Waals surface area contributed by atoms with E-state index in [9.17, 15) is 8.42 Å². The molecule has 1 heterocycles. The van der Waals surface area contributed by atoms with Gasteiger partial charge in [0.1, 0.15) is 10.6 Å². The number of rotatable bonds is 6. The van der Waals surface area contributed by atoms with E-state index in [1.807, 2.05) is 0 Å². The van der Waals surface area contributed by atoms with Gasteiger partial charge in [-0.2, -0.15) is 0 Å². The molecule has 0 aromatic heterocycles. The molecule has 23 heavy (non-hydrogen) atoms. The first-order valence-corrected chi connectivity index (χ1v) is 8.65. The molecule has 1 aliphatic rings. The molecule has 0 atom stereocenters. The first-order chi connectivity index (χ1) is 10.0. The van der Waals surface area contributed by atoms with Crippen molar-refractivity contribution in [1.29, 1.82) is 0 Å². The summed E-state index contributed by atoms with van der Waals surface area (Å²) in [5.74, 6) is 0.460. The van der Waals surface area contributed by atoms with Crippen LogP contribution in [0, 0.1) is 0 Å². The third-order valence-corrected chi connectivity index (χ3v) is 5.30. The fourth-order valence-corrected chi connectivity index (χ4v) is 3.70. The zero-order valence-corrected chi connectivity index (χ0v) is 16.0. The normalized spacial score (nSPS) is 15.4. The number of piperazine rings is 1. The van der Waals surface area contributed by atoms with Crippen LogP contribution in [0.2, 0.25) is 5.02 Å². The average Bonchev–Trinajstić information content (AvgIpc) is 2.48. The first-order valence-electron chi connectivity index (χ1n) is 6.79. The summed E-state index contributed by atoms with van der Waals surface area (Å²) < 4.78 is 32.2. The van der Waals surface area contributed by atoms with Crippen LogP contribution in [0.25, 0.3) is 0 Å². The highest BCUT2D eigenvalue weighted by atomic mass is 35.5. The second kappa shape index (κ2) is 10.6. The van der Waals surface area contributed by atoms with Crippen LogP contribution in [0.5, 0.6) is 5.75 Å². The van der Waals surface area contributed by atoms with Crippen LogP contribution in [0.15, 0.2) is 23.1 Å². The van der Waals surface area contributed by atoms with E-state index in [1.165, 1.54) is 19.2 Å². The molecule has 0 radical (unpaired) electrons. The number of benzene rings is 1. The molecule has 2 N–H and O–H groups in total. The predicted octanol–water partition coefficient (Wildman–Crippen LogP) is 1.38.